The van der Waals surface area contributed by atoms with Crippen molar-refractivity contribution in [1.29, 1.82) is 0 Å². The maximum atomic E-state index is 13.0. The van der Waals surface area contributed by atoms with E-state index in [2.05, 4.69) is 5.32 Å². The number of anilines is 2. The van der Waals surface area contributed by atoms with E-state index in [4.69, 9.17) is 9.47 Å². The number of hydrogen-bond donors (Lipinski definition) is 1. The predicted octanol–water partition coefficient (Wildman–Crippen LogP) is 3.80. The molecule has 1 aromatic carbocycles. The van der Waals surface area contributed by atoms with Crippen molar-refractivity contribution in [2.24, 2.45) is 5.92 Å². The Kier molecular flexibility index (Phi) is 6.27. The maximum Gasteiger partial charge on any atom is 0.341 e. The lowest BCUT2D eigenvalue weighted by Gasteiger charge is -2.17. The molecule has 2 aliphatic rings. The Morgan fingerprint density at radius 2 is 1.94 bits per heavy atom. The number of aryl methyl sites for hydroxylation is 1. The van der Waals surface area contributed by atoms with Gasteiger partial charge in [0.05, 0.1) is 25.2 Å². The molecule has 4 rings (SSSR count). The predicted molar refractivity (Wildman–Crippen MR) is 119 cm³/mol. The third-order valence-electron chi connectivity index (χ3n) is 5.77. The molecule has 2 amide bonds. The van der Waals surface area contributed by atoms with Crippen LogP contribution in [0.3, 0.4) is 0 Å². The number of rotatable bonds is 6. The second-order valence-corrected chi connectivity index (χ2v) is 8.83. The fraction of sp³-hybridized carbons (Fsp3) is 0.435. The van der Waals surface area contributed by atoms with Crippen molar-refractivity contribution in [1.82, 2.24) is 0 Å². The van der Waals surface area contributed by atoms with Gasteiger partial charge in [-0.05, 0) is 62.4 Å². The highest BCUT2D eigenvalue weighted by Crippen LogP contribution is 2.39. The first-order chi connectivity index (χ1) is 15.0. The van der Waals surface area contributed by atoms with Crippen LogP contribution in [0, 0.1) is 5.92 Å². The van der Waals surface area contributed by atoms with Gasteiger partial charge in [-0.3, -0.25) is 9.59 Å². The Labute approximate surface area is 185 Å². The van der Waals surface area contributed by atoms with Crippen LogP contribution >= 0.6 is 11.3 Å². The first kappa shape index (κ1) is 21.4. The summed E-state index contributed by atoms with van der Waals surface area (Å²) in [4.78, 5) is 41.0. The standard InChI is InChI=1S/C23H26N2O5S/c1-3-30-23(28)20-17-6-4-5-7-18(17)31-22(20)24-21(27)14-12-19(26)25(13-14)15-8-10-16(29-2)11-9-15/h8-11,14H,3-7,12-13H2,1-2H3,(H,24,27). The largest absolute Gasteiger partial charge is 0.497 e. The van der Waals surface area contributed by atoms with Crippen molar-refractivity contribution in [2.75, 3.05) is 30.5 Å². The minimum absolute atomic E-state index is 0.0959. The highest BCUT2D eigenvalue weighted by atomic mass is 32.1. The number of carbonyl (C=O) groups excluding carboxylic acids is 3. The summed E-state index contributed by atoms with van der Waals surface area (Å²) in [5.74, 6) is -0.504. The fourth-order valence-electron chi connectivity index (χ4n) is 4.18. The second kappa shape index (κ2) is 9.09. The maximum absolute atomic E-state index is 13.0. The van der Waals surface area contributed by atoms with Crippen molar-refractivity contribution < 1.29 is 23.9 Å². The van der Waals surface area contributed by atoms with E-state index in [9.17, 15) is 14.4 Å². The van der Waals surface area contributed by atoms with Gasteiger partial charge < -0.3 is 19.7 Å². The summed E-state index contributed by atoms with van der Waals surface area (Å²) in [5, 5.41) is 3.49. The zero-order valence-electron chi connectivity index (χ0n) is 17.7. The summed E-state index contributed by atoms with van der Waals surface area (Å²) in [6, 6.07) is 7.20. The minimum atomic E-state index is -0.483. The summed E-state index contributed by atoms with van der Waals surface area (Å²) >= 11 is 1.46. The monoisotopic (exact) mass is 442 g/mol. The highest BCUT2D eigenvalue weighted by Gasteiger charge is 2.36. The number of hydrogen-bond acceptors (Lipinski definition) is 6. The van der Waals surface area contributed by atoms with E-state index in [1.54, 1.807) is 31.1 Å². The molecule has 1 N–H and O–H groups in total. The summed E-state index contributed by atoms with van der Waals surface area (Å²) in [7, 11) is 1.59. The molecule has 1 saturated heterocycles. The van der Waals surface area contributed by atoms with E-state index in [1.165, 1.54) is 11.3 Å². The Morgan fingerprint density at radius 1 is 1.19 bits per heavy atom. The molecule has 1 aliphatic heterocycles. The van der Waals surface area contributed by atoms with E-state index in [0.29, 0.717) is 22.9 Å². The molecule has 0 radical (unpaired) electrons. The fourth-order valence-corrected chi connectivity index (χ4v) is 5.46. The third-order valence-corrected chi connectivity index (χ3v) is 6.97. The third kappa shape index (κ3) is 4.30. The van der Waals surface area contributed by atoms with E-state index in [0.717, 1.165) is 41.8 Å². The smallest absolute Gasteiger partial charge is 0.341 e. The number of benzene rings is 1. The lowest BCUT2D eigenvalue weighted by Crippen LogP contribution is -2.28. The number of carbonyl (C=O) groups is 3. The van der Waals surface area contributed by atoms with Gasteiger partial charge in [-0.1, -0.05) is 0 Å². The van der Waals surface area contributed by atoms with Crippen LogP contribution < -0.4 is 15.0 Å². The molecule has 0 saturated carbocycles. The lowest BCUT2D eigenvalue weighted by molar-refractivity contribution is -0.122. The Morgan fingerprint density at radius 3 is 2.65 bits per heavy atom. The summed E-state index contributed by atoms with van der Waals surface area (Å²) in [6.07, 6.45) is 3.98. The first-order valence-electron chi connectivity index (χ1n) is 10.6. The quantitative estimate of drug-likeness (QED) is 0.688. The van der Waals surface area contributed by atoms with Gasteiger partial charge in [-0.15, -0.1) is 11.3 Å². The van der Waals surface area contributed by atoms with Crippen molar-refractivity contribution in [3.63, 3.8) is 0 Å². The van der Waals surface area contributed by atoms with Crippen molar-refractivity contribution in [3.8, 4) is 5.75 Å². The molecular formula is C23H26N2O5S. The summed E-state index contributed by atoms with van der Waals surface area (Å²) in [6.45, 7) is 2.36. The SMILES string of the molecule is CCOC(=O)c1c(NC(=O)C2CC(=O)N(c3ccc(OC)cc3)C2)sc2c1CCCC2. The van der Waals surface area contributed by atoms with Crippen LogP contribution in [-0.4, -0.2) is 38.0 Å². The van der Waals surface area contributed by atoms with E-state index >= 15 is 0 Å². The number of thiophene rings is 1. The molecule has 1 fully saturated rings. The van der Waals surface area contributed by atoms with Crippen molar-refractivity contribution in [2.45, 2.75) is 39.0 Å². The summed E-state index contributed by atoms with van der Waals surface area (Å²) in [5.41, 5.74) is 2.23. The van der Waals surface area contributed by atoms with Crippen LogP contribution in [0.4, 0.5) is 10.7 Å². The number of amides is 2. The molecule has 164 valence electrons. The number of nitrogens with zero attached hydrogens (tertiary/aromatic N) is 1. The van der Waals surface area contributed by atoms with Gasteiger partial charge in [0.25, 0.3) is 0 Å². The number of fused-ring (bicyclic) bond motifs is 1. The number of esters is 1. The summed E-state index contributed by atoms with van der Waals surface area (Å²) < 4.78 is 10.4. The van der Waals surface area contributed by atoms with Gasteiger partial charge in [-0.25, -0.2) is 4.79 Å². The molecule has 2 aromatic rings. The van der Waals surface area contributed by atoms with Crippen LogP contribution in [-0.2, 0) is 27.2 Å². The molecular weight excluding hydrogens is 416 g/mol. The van der Waals surface area contributed by atoms with Crippen LogP contribution in [0.15, 0.2) is 24.3 Å². The molecule has 8 heteroatoms. The molecule has 31 heavy (non-hydrogen) atoms. The van der Waals surface area contributed by atoms with Crippen molar-refractivity contribution >= 4 is 39.8 Å². The molecule has 7 nitrogen and oxygen atoms in total. The molecule has 0 spiro atoms. The van der Waals surface area contributed by atoms with E-state index in [-0.39, 0.29) is 30.8 Å². The average Bonchev–Trinajstić information content (AvgIpc) is 3.34. The second-order valence-electron chi connectivity index (χ2n) is 7.73. The van der Waals surface area contributed by atoms with Crippen LogP contribution in [0.25, 0.3) is 0 Å². The average molecular weight is 443 g/mol. The number of nitrogens with one attached hydrogen (secondary N) is 1. The van der Waals surface area contributed by atoms with Crippen molar-refractivity contribution in [3.05, 3.63) is 40.3 Å². The van der Waals surface area contributed by atoms with Gasteiger partial charge >= 0.3 is 5.97 Å². The molecule has 1 atom stereocenters. The Balaban J connectivity index is 1.51. The lowest BCUT2D eigenvalue weighted by atomic mass is 9.95. The van der Waals surface area contributed by atoms with Gasteiger partial charge in [0, 0.05) is 23.5 Å². The van der Waals surface area contributed by atoms with Gasteiger partial charge in [0.15, 0.2) is 0 Å². The van der Waals surface area contributed by atoms with E-state index in [1.807, 2.05) is 12.1 Å². The number of methoxy groups -OCH3 is 1. The molecule has 2 heterocycles. The topological polar surface area (TPSA) is 84.9 Å². The van der Waals surface area contributed by atoms with E-state index < -0.39 is 5.92 Å². The highest BCUT2D eigenvalue weighted by molar-refractivity contribution is 7.17. The Bertz CT molecular complexity index is 998. The normalized spacial score (nSPS) is 17.9. The van der Waals surface area contributed by atoms with Gasteiger partial charge in [0.1, 0.15) is 10.8 Å². The Hall–Kier alpha value is -2.87. The van der Waals surface area contributed by atoms with Crippen LogP contribution in [0.2, 0.25) is 0 Å². The van der Waals surface area contributed by atoms with Crippen LogP contribution in [0.5, 0.6) is 5.75 Å². The van der Waals surface area contributed by atoms with Gasteiger partial charge in [-0.2, -0.15) is 0 Å². The van der Waals surface area contributed by atoms with Crippen LogP contribution in [0.1, 0.15) is 47.0 Å². The zero-order valence-corrected chi connectivity index (χ0v) is 18.5. The zero-order chi connectivity index (χ0) is 22.0. The van der Waals surface area contributed by atoms with Gasteiger partial charge in [0.2, 0.25) is 11.8 Å². The molecule has 1 aliphatic carbocycles. The molecule has 0 bridgehead atoms. The first-order valence-corrected chi connectivity index (χ1v) is 11.4. The molecule has 1 aromatic heterocycles. The number of ether oxygens (including phenoxy) is 2. The minimum Gasteiger partial charge on any atom is -0.497 e. The molecule has 1 unspecified atom stereocenters.